The predicted octanol–water partition coefficient (Wildman–Crippen LogP) is 0.330. The molecule has 7 nitrogen and oxygen atoms in total. The molecule has 1 aromatic rings. The van der Waals surface area contributed by atoms with E-state index in [9.17, 15) is 29.1 Å². The van der Waals surface area contributed by atoms with Crippen LogP contribution in [-0.2, 0) is 30.1 Å². The Morgan fingerprint density at radius 1 is 0.913 bits per heavy atom. The number of rotatable bonds is 8. The van der Waals surface area contributed by atoms with E-state index >= 15 is 0 Å². The zero-order valence-electron chi connectivity index (χ0n) is 12.6. The second-order valence-electron chi connectivity index (χ2n) is 5.09. The molecular weight excluding hydrogens is 369 g/mol. The predicted molar refractivity (Wildman–Crippen MR) is 84.5 cm³/mol. The maximum Gasteiger partial charge on any atom is 0.303 e. The molecule has 1 rings (SSSR count). The van der Waals surface area contributed by atoms with Crippen LogP contribution in [0.4, 0.5) is 3.89 Å². The summed E-state index contributed by atoms with van der Waals surface area (Å²) in [5.41, 5.74) is 0.818. The highest BCUT2D eigenvalue weighted by atomic mass is 32.3. The van der Waals surface area contributed by atoms with E-state index in [0.717, 1.165) is 11.8 Å². The first-order chi connectivity index (χ1) is 10.3. The molecule has 0 aliphatic carbocycles. The Hall–Kier alpha value is -1.04. The van der Waals surface area contributed by atoms with E-state index in [0.29, 0.717) is 4.31 Å². The Labute approximate surface area is 136 Å². The smallest absolute Gasteiger partial charge is 0.229 e. The third kappa shape index (κ3) is 6.94. The number of aryl methyl sites for hydroxylation is 1. The van der Waals surface area contributed by atoms with E-state index in [-0.39, 0.29) is 4.90 Å². The topological polar surface area (TPSA) is 106 Å². The van der Waals surface area contributed by atoms with Crippen LogP contribution in [0.1, 0.15) is 5.56 Å². The van der Waals surface area contributed by atoms with E-state index in [1.54, 1.807) is 19.1 Å². The van der Waals surface area contributed by atoms with Gasteiger partial charge in [0.05, 0.1) is 16.4 Å². The number of hydrogen-bond acceptors (Lipinski definition) is 6. The zero-order valence-corrected chi connectivity index (χ0v) is 15.1. The van der Waals surface area contributed by atoms with Crippen molar-refractivity contribution >= 4 is 30.1 Å². The van der Waals surface area contributed by atoms with Crippen molar-refractivity contribution in [1.29, 1.82) is 0 Å². The number of hydrogen-bond donors (Lipinski definition) is 0. The SMILES string of the molecule is Cc1ccc(S(=O)(=O)N(CCS(C)(=O)=O)CCS(=O)(=O)F)cc1. The minimum Gasteiger partial charge on any atom is -0.229 e. The van der Waals surface area contributed by atoms with Gasteiger partial charge in [0.2, 0.25) is 10.0 Å². The van der Waals surface area contributed by atoms with Gasteiger partial charge in [-0.1, -0.05) is 17.7 Å². The quantitative estimate of drug-likeness (QED) is 0.595. The van der Waals surface area contributed by atoms with Crippen LogP contribution in [0.5, 0.6) is 0 Å². The van der Waals surface area contributed by atoms with Crippen LogP contribution in [0.15, 0.2) is 29.2 Å². The molecule has 132 valence electrons. The van der Waals surface area contributed by atoms with E-state index in [1.165, 1.54) is 12.1 Å². The van der Waals surface area contributed by atoms with Gasteiger partial charge >= 0.3 is 10.2 Å². The fraction of sp³-hybridized carbons (Fsp3) is 0.500. The molecule has 1 aromatic carbocycles. The normalized spacial score (nSPS) is 13.4. The molecule has 23 heavy (non-hydrogen) atoms. The lowest BCUT2D eigenvalue weighted by Gasteiger charge is -2.21. The Bertz CT molecular complexity index is 809. The molecule has 11 heteroatoms. The summed E-state index contributed by atoms with van der Waals surface area (Å²) >= 11 is 0. The highest BCUT2D eigenvalue weighted by Crippen LogP contribution is 2.16. The van der Waals surface area contributed by atoms with Gasteiger partial charge in [-0.15, -0.1) is 3.89 Å². The molecule has 0 amide bonds. The van der Waals surface area contributed by atoms with Crippen molar-refractivity contribution in [2.75, 3.05) is 30.9 Å². The summed E-state index contributed by atoms with van der Waals surface area (Å²) in [6, 6.07) is 5.74. The standard InChI is InChI=1S/C12H18FNO6S3/c1-11-3-5-12(6-4-11)23(19,20)14(7-9-21(2,15)16)8-10-22(13,17)18/h3-6H,7-10H2,1-2H3. The van der Waals surface area contributed by atoms with Crippen LogP contribution in [0.25, 0.3) is 0 Å². The number of benzene rings is 1. The van der Waals surface area contributed by atoms with Gasteiger partial charge in [-0.3, -0.25) is 0 Å². The summed E-state index contributed by atoms with van der Waals surface area (Å²) in [6.07, 6.45) is 0.926. The molecule has 0 N–H and O–H groups in total. The van der Waals surface area contributed by atoms with Gasteiger partial charge in [0.15, 0.2) is 0 Å². The minimum absolute atomic E-state index is 0.118. The van der Waals surface area contributed by atoms with Gasteiger partial charge in [-0.2, -0.15) is 12.7 Å². The van der Waals surface area contributed by atoms with Crippen molar-refractivity contribution in [2.24, 2.45) is 0 Å². The number of sulfonamides is 1. The molecule has 0 aromatic heterocycles. The summed E-state index contributed by atoms with van der Waals surface area (Å²) in [6.45, 7) is 0.641. The fourth-order valence-corrected chi connectivity index (χ4v) is 4.35. The number of nitrogens with zero attached hydrogens (tertiary/aromatic N) is 1. The van der Waals surface area contributed by atoms with Gasteiger partial charge in [0.1, 0.15) is 9.84 Å². The molecule has 0 unspecified atom stereocenters. The van der Waals surface area contributed by atoms with Gasteiger partial charge in [0.25, 0.3) is 0 Å². The molecule has 0 radical (unpaired) electrons. The first-order valence-electron chi connectivity index (χ1n) is 6.48. The van der Waals surface area contributed by atoms with Crippen molar-refractivity contribution < 1.29 is 29.1 Å². The molecule has 0 aliphatic rings. The molecule has 0 saturated carbocycles. The van der Waals surface area contributed by atoms with Gasteiger partial charge in [-0.25, -0.2) is 16.8 Å². The summed E-state index contributed by atoms with van der Waals surface area (Å²) in [7, 11) is -12.5. The van der Waals surface area contributed by atoms with Crippen LogP contribution < -0.4 is 0 Å². The largest absolute Gasteiger partial charge is 0.303 e. The molecular formula is C12H18FNO6S3. The van der Waals surface area contributed by atoms with Gasteiger partial charge in [-0.05, 0) is 19.1 Å². The molecule has 0 bridgehead atoms. The Kier molecular flexibility index (Phi) is 6.30. The van der Waals surface area contributed by atoms with Crippen molar-refractivity contribution in [3.05, 3.63) is 29.8 Å². The number of halogens is 1. The summed E-state index contributed by atoms with van der Waals surface area (Å²) in [4.78, 5) is -0.118. The van der Waals surface area contributed by atoms with E-state index in [2.05, 4.69) is 0 Å². The monoisotopic (exact) mass is 387 g/mol. The van der Waals surface area contributed by atoms with Crippen molar-refractivity contribution in [1.82, 2.24) is 4.31 Å². The van der Waals surface area contributed by atoms with Gasteiger partial charge < -0.3 is 0 Å². The lowest BCUT2D eigenvalue weighted by molar-refractivity contribution is 0.441. The Balaban J connectivity index is 3.12. The number of sulfone groups is 1. The van der Waals surface area contributed by atoms with Crippen LogP contribution >= 0.6 is 0 Å². The molecule has 0 aliphatic heterocycles. The van der Waals surface area contributed by atoms with Crippen molar-refractivity contribution in [2.45, 2.75) is 11.8 Å². The lowest BCUT2D eigenvalue weighted by atomic mass is 10.2. The molecule has 0 saturated heterocycles. The third-order valence-electron chi connectivity index (χ3n) is 2.95. The average Bonchev–Trinajstić information content (AvgIpc) is 2.36. The van der Waals surface area contributed by atoms with E-state index < -0.39 is 54.7 Å². The van der Waals surface area contributed by atoms with Crippen LogP contribution in [-0.4, -0.2) is 60.4 Å². The van der Waals surface area contributed by atoms with Crippen molar-refractivity contribution in [3.8, 4) is 0 Å². The maximum absolute atomic E-state index is 12.7. The first-order valence-corrected chi connectivity index (χ1v) is 11.5. The average molecular weight is 387 g/mol. The molecule has 0 atom stereocenters. The molecule has 0 spiro atoms. The lowest BCUT2D eigenvalue weighted by Crippen LogP contribution is -2.38. The van der Waals surface area contributed by atoms with Crippen LogP contribution in [0.2, 0.25) is 0 Å². The maximum atomic E-state index is 12.7. The highest BCUT2D eigenvalue weighted by Gasteiger charge is 2.27. The van der Waals surface area contributed by atoms with Crippen LogP contribution in [0.3, 0.4) is 0 Å². The summed E-state index contributed by atoms with van der Waals surface area (Å²) < 4.78 is 82.1. The Morgan fingerprint density at radius 2 is 1.39 bits per heavy atom. The van der Waals surface area contributed by atoms with Crippen molar-refractivity contribution in [3.63, 3.8) is 0 Å². The zero-order chi connectivity index (χ0) is 17.9. The van der Waals surface area contributed by atoms with Gasteiger partial charge in [0, 0.05) is 19.3 Å². The second kappa shape index (κ2) is 7.24. The fourth-order valence-electron chi connectivity index (χ4n) is 1.69. The second-order valence-corrected chi connectivity index (χ2v) is 10.8. The summed E-state index contributed by atoms with van der Waals surface area (Å²) in [5, 5.41) is 0. The first kappa shape index (κ1) is 20.0. The van der Waals surface area contributed by atoms with Crippen LogP contribution in [0, 0.1) is 6.92 Å². The molecule has 0 fully saturated rings. The summed E-state index contributed by atoms with van der Waals surface area (Å²) in [5.74, 6) is -1.54. The minimum atomic E-state index is -4.88. The highest BCUT2D eigenvalue weighted by molar-refractivity contribution is 7.91. The van der Waals surface area contributed by atoms with E-state index in [4.69, 9.17) is 0 Å². The van der Waals surface area contributed by atoms with E-state index in [1.807, 2.05) is 0 Å². The third-order valence-corrected chi connectivity index (χ3v) is 6.46. The Morgan fingerprint density at radius 3 is 1.83 bits per heavy atom. The molecule has 0 heterocycles.